The summed E-state index contributed by atoms with van der Waals surface area (Å²) in [6.45, 7) is 7.33. The number of hydrogen-bond acceptors (Lipinski definition) is 8. The van der Waals surface area contributed by atoms with Gasteiger partial charge in [0.2, 0.25) is 5.95 Å². The highest BCUT2D eigenvalue weighted by atomic mass is 19.4. The van der Waals surface area contributed by atoms with Gasteiger partial charge in [0.25, 0.3) is 5.56 Å². The second-order valence-electron chi connectivity index (χ2n) is 7.71. The van der Waals surface area contributed by atoms with Gasteiger partial charge >= 0.3 is 18.1 Å². The molecule has 0 spiro atoms. The summed E-state index contributed by atoms with van der Waals surface area (Å²) in [5, 5.41) is 22.6. The van der Waals surface area contributed by atoms with Crippen LogP contribution in [0.1, 0.15) is 26.1 Å². The van der Waals surface area contributed by atoms with Gasteiger partial charge in [0, 0.05) is 33.2 Å². The zero-order chi connectivity index (χ0) is 27.0. The molecule has 0 amide bonds. The Kier molecular flexibility index (Phi) is 9.82. The van der Waals surface area contributed by atoms with Crippen LogP contribution in [0.25, 0.3) is 11.2 Å². The minimum absolute atomic E-state index is 0.164. The quantitative estimate of drug-likeness (QED) is 0.375. The number of alkyl halides is 3. The molecule has 1 atom stereocenters. The minimum Gasteiger partial charge on any atom is -0.480 e. The van der Waals surface area contributed by atoms with Crippen molar-refractivity contribution in [2.24, 2.45) is 7.05 Å². The van der Waals surface area contributed by atoms with Crippen LogP contribution in [0.15, 0.2) is 4.79 Å². The third kappa shape index (κ3) is 6.95. The molecule has 3 rings (SSSR count). The number of imidazole rings is 1. The van der Waals surface area contributed by atoms with E-state index in [4.69, 9.17) is 9.90 Å². The number of aromatic nitrogens is 4. The second kappa shape index (κ2) is 12.4. The lowest BCUT2D eigenvalue weighted by Gasteiger charge is -2.28. The molecule has 1 aliphatic rings. The summed E-state index contributed by atoms with van der Waals surface area (Å²) in [6, 6.07) is -0.698. The average molecular weight is 515 g/mol. The van der Waals surface area contributed by atoms with Crippen LogP contribution < -0.4 is 21.1 Å². The third-order valence-electron chi connectivity index (χ3n) is 5.33. The molecule has 0 aromatic carbocycles. The minimum atomic E-state index is -5.08. The molecule has 0 aliphatic carbocycles. The maximum atomic E-state index is 13.1. The predicted molar refractivity (Wildman–Crippen MR) is 124 cm³/mol. The van der Waals surface area contributed by atoms with Crippen molar-refractivity contribution in [1.82, 2.24) is 29.7 Å². The van der Waals surface area contributed by atoms with Crippen molar-refractivity contribution < 1.29 is 33.0 Å². The maximum Gasteiger partial charge on any atom is 0.490 e. The highest BCUT2D eigenvalue weighted by molar-refractivity contribution is 5.75. The number of nitrogens with zero attached hydrogens (tertiary/aromatic N) is 5. The second-order valence-corrected chi connectivity index (χ2v) is 7.71. The molecule has 0 radical (unpaired) electrons. The predicted octanol–water partition coefficient (Wildman–Crippen LogP) is 0.149. The number of rotatable bonds is 7. The first-order chi connectivity index (χ1) is 16.9. The van der Waals surface area contributed by atoms with Crippen LogP contribution in [0.4, 0.5) is 19.1 Å². The Bertz CT molecular complexity index is 1210. The molecule has 4 N–H and O–H groups in total. The van der Waals surface area contributed by atoms with Crippen LogP contribution in [0.3, 0.4) is 0 Å². The van der Waals surface area contributed by atoms with E-state index >= 15 is 0 Å². The van der Waals surface area contributed by atoms with Crippen molar-refractivity contribution in [2.45, 2.75) is 45.6 Å². The molecule has 0 bridgehead atoms. The number of carboxylic acid groups (broad SMARTS) is 2. The molecule has 0 saturated carbocycles. The summed E-state index contributed by atoms with van der Waals surface area (Å²) in [4.78, 5) is 44.6. The van der Waals surface area contributed by atoms with Crippen molar-refractivity contribution in [3.05, 3.63) is 16.2 Å². The first kappa shape index (κ1) is 28.6. The van der Waals surface area contributed by atoms with Crippen molar-refractivity contribution in [3.8, 4) is 11.8 Å². The normalized spacial score (nSPS) is 14.4. The summed E-state index contributed by atoms with van der Waals surface area (Å²) >= 11 is 0. The fraction of sp³-hybridized carbons (Fsp3) is 0.571. The summed E-state index contributed by atoms with van der Waals surface area (Å²) in [5.74, 6) is 3.34. The van der Waals surface area contributed by atoms with E-state index in [0.29, 0.717) is 35.9 Å². The lowest BCUT2D eigenvalue weighted by Crippen LogP contribution is -2.44. The average Bonchev–Trinajstić information content (AvgIpc) is 3.19. The van der Waals surface area contributed by atoms with Crippen LogP contribution in [0.2, 0.25) is 0 Å². The number of hydrogen-bond donors (Lipinski definition) is 4. The molecule has 3 heterocycles. The number of piperazine rings is 1. The number of fused-ring (bicyclic) bond motifs is 1. The van der Waals surface area contributed by atoms with Gasteiger partial charge in [0.05, 0.1) is 13.1 Å². The molecule has 1 unspecified atom stereocenters. The Morgan fingerprint density at radius 2 is 1.83 bits per heavy atom. The summed E-state index contributed by atoms with van der Waals surface area (Å²) in [5.41, 5.74) is 0.555. The standard InChI is InChI=1S/C19H27N7O3.C2HF3O2/c1-4-6-9-26-15-16(23-19(26)25-10-7-20-8-11-25)22-14(24(3)17(15)27)12-21-13(5-2)18(28)29;3-2(4,5)1(6)7/h13,20-21H,5,7-12H2,1-3H3,(H,28,29);(H,6,7). The summed E-state index contributed by atoms with van der Waals surface area (Å²) < 4.78 is 35.0. The highest BCUT2D eigenvalue weighted by Gasteiger charge is 2.38. The van der Waals surface area contributed by atoms with Crippen LogP contribution in [-0.4, -0.2) is 79.7 Å². The molecule has 36 heavy (non-hydrogen) atoms. The molecule has 12 nitrogen and oxygen atoms in total. The van der Waals surface area contributed by atoms with Gasteiger partial charge in [-0.15, -0.1) is 5.92 Å². The number of aliphatic carboxylic acids is 2. The van der Waals surface area contributed by atoms with Crippen molar-refractivity contribution in [3.63, 3.8) is 0 Å². The third-order valence-corrected chi connectivity index (χ3v) is 5.33. The highest BCUT2D eigenvalue weighted by Crippen LogP contribution is 2.20. The van der Waals surface area contributed by atoms with E-state index in [1.807, 2.05) is 4.57 Å². The van der Waals surface area contributed by atoms with E-state index < -0.39 is 24.2 Å². The Labute approximate surface area is 204 Å². The van der Waals surface area contributed by atoms with Gasteiger partial charge in [0.15, 0.2) is 11.2 Å². The first-order valence-electron chi connectivity index (χ1n) is 11.0. The fourth-order valence-electron chi connectivity index (χ4n) is 3.38. The molecule has 1 aliphatic heterocycles. The Morgan fingerprint density at radius 3 is 2.33 bits per heavy atom. The molecule has 15 heteroatoms. The SMILES string of the molecule is CC#CCn1c(N2CCNCC2)nc2nc(CNC(CC)C(=O)O)n(C)c(=O)c21.O=C(O)C(F)(F)F. The molecule has 2 aromatic heterocycles. The van der Waals surface area contributed by atoms with Crippen LogP contribution in [0, 0.1) is 11.8 Å². The summed E-state index contributed by atoms with van der Waals surface area (Å²) in [7, 11) is 1.64. The van der Waals surface area contributed by atoms with Gasteiger partial charge in [-0.05, 0) is 13.3 Å². The number of halogens is 3. The first-order valence-corrected chi connectivity index (χ1v) is 11.0. The lowest BCUT2D eigenvalue weighted by molar-refractivity contribution is -0.192. The molecule has 1 fully saturated rings. The van der Waals surface area contributed by atoms with Crippen LogP contribution in [-0.2, 0) is 29.7 Å². The Morgan fingerprint density at radius 1 is 1.22 bits per heavy atom. The van der Waals surface area contributed by atoms with Gasteiger partial charge < -0.3 is 20.4 Å². The van der Waals surface area contributed by atoms with E-state index in [1.165, 1.54) is 4.57 Å². The summed E-state index contributed by atoms with van der Waals surface area (Å²) in [6.07, 6.45) is -4.65. The van der Waals surface area contributed by atoms with Crippen molar-refractivity contribution >= 4 is 29.1 Å². The largest absolute Gasteiger partial charge is 0.490 e. The van der Waals surface area contributed by atoms with E-state index in [0.717, 1.165) is 26.2 Å². The zero-order valence-electron chi connectivity index (χ0n) is 20.0. The van der Waals surface area contributed by atoms with E-state index in [2.05, 4.69) is 37.3 Å². The Hall–Kier alpha value is -3.64. The molecular weight excluding hydrogens is 487 g/mol. The van der Waals surface area contributed by atoms with Crippen molar-refractivity contribution in [2.75, 3.05) is 31.1 Å². The zero-order valence-corrected chi connectivity index (χ0v) is 20.0. The Balaban J connectivity index is 0.000000572. The molecule has 2 aromatic rings. The van der Waals surface area contributed by atoms with Crippen LogP contribution in [0.5, 0.6) is 0 Å². The number of carbonyl (C=O) groups is 2. The molecule has 198 valence electrons. The lowest BCUT2D eigenvalue weighted by atomic mass is 10.2. The van der Waals surface area contributed by atoms with E-state index in [9.17, 15) is 27.9 Å². The van der Waals surface area contributed by atoms with Gasteiger partial charge in [0.1, 0.15) is 11.9 Å². The topological polar surface area (TPSA) is 155 Å². The monoisotopic (exact) mass is 515 g/mol. The maximum absolute atomic E-state index is 13.1. The number of anilines is 1. The fourth-order valence-corrected chi connectivity index (χ4v) is 3.38. The van der Waals surface area contributed by atoms with Crippen LogP contribution >= 0.6 is 0 Å². The van der Waals surface area contributed by atoms with E-state index in [-0.39, 0.29) is 12.1 Å². The van der Waals surface area contributed by atoms with Gasteiger partial charge in [-0.3, -0.25) is 24.0 Å². The number of carboxylic acids is 2. The van der Waals surface area contributed by atoms with E-state index in [1.54, 1.807) is 20.9 Å². The van der Waals surface area contributed by atoms with Gasteiger partial charge in [-0.1, -0.05) is 12.8 Å². The van der Waals surface area contributed by atoms with Crippen molar-refractivity contribution in [1.29, 1.82) is 0 Å². The van der Waals surface area contributed by atoms with Gasteiger partial charge in [-0.25, -0.2) is 9.78 Å². The van der Waals surface area contributed by atoms with Gasteiger partial charge in [-0.2, -0.15) is 18.2 Å². The smallest absolute Gasteiger partial charge is 0.480 e. The molecule has 1 saturated heterocycles. The molecular formula is C21H28F3N7O5. The number of nitrogens with one attached hydrogen (secondary N) is 2.